The van der Waals surface area contributed by atoms with E-state index in [4.69, 9.17) is 41.6 Å². The number of hydrogen-bond acceptors (Lipinski definition) is 6. The standard InChI is InChI=1S/C17H24N2O5S.C8H6.C7H4.C6H2.C5H4.C4H6.C3H4.C2H2.CH4.2H2/c1-8-9-23-13(21)11-16(5,6)25-17(7)10(12(20)19(11)17)18-14(22)24-15(2,3)4;1-3-5-7-8-6-4-2;1-3-5-7-6-4-2;1-3-5-6-4-2;1-3-5-4-2;1-3-4-2;1-3-2;1-2;;;/h1,10-11H,9H2,2-7H3,(H,18,22);1-2H3;1H,2H3;1-2H;1H,2H3;1-2H3;1H,2H3;1-2H;1H4;2*1H/t10-,11+,17-;;;;;;;;;;/m1........../s1. The Morgan fingerprint density at radius 1 is 0.689 bits per heavy atom. The third-order valence-electron chi connectivity index (χ3n) is 5.48. The van der Waals surface area contributed by atoms with Gasteiger partial charge in [-0.2, -0.15) is 0 Å². The maximum absolute atomic E-state index is 12.6. The van der Waals surface area contributed by atoms with Crippen LogP contribution in [0.25, 0.3) is 0 Å². The summed E-state index contributed by atoms with van der Waals surface area (Å²) in [4.78, 5) is 37.7. The lowest BCUT2D eigenvalue weighted by Gasteiger charge is -2.51. The molecule has 0 saturated carbocycles. The quantitative estimate of drug-likeness (QED) is 0.185. The third-order valence-corrected chi connectivity index (χ3v) is 7.08. The normalized spacial score (nSPS) is 14.1. The summed E-state index contributed by atoms with van der Waals surface area (Å²) in [5, 5.41) is 2.62. The van der Waals surface area contributed by atoms with E-state index in [9.17, 15) is 14.4 Å². The van der Waals surface area contributed by atoms with E-state index in [0.29, 0.717) is 0 Å². The van der Waals surface area contributed by atoms with Gasteiger partial charge in [0, 0.05) is 7.60 Å². The largest absolute Gasteiger partial charge is 0.451 e. The lowest BCUT2D eigenvalue weighted by atomic mass is 9.89. The number of esters is 1. The fourth-order valence-electron chi connectivity index (χ4n) is 3.71. The molecule has 2 fully saturated rings. The van der Waals surface area contributed by atoms with Gasteiger partial charge in [-0.15, -0.1) is 80.9 Å². The Morgan fingerprint density at radius 3 is 1.34 bits per heavy atom. The van der Waals surface area contributed by atoms with Crippen LogP contribution < -0.4 is 5.32 Å². The van der Waals surface area contributed by atoms with Gasteiger partial charge in [-0.1, -0.05) is 37.0 Å². The molecule has 2 aliphatic rings. The first kappa shape index (κ1) is 67.7. The van der Waals surface area contributed by atoms with Crippen LogP contribution in [0.1, 0.15) is 100 Å². The Bertz CT molecular complexity index is 2170. The highest BCUT2D eigenvalue weighted by Crippen LogP contribution is 2.58. The predicted molar refractivity (Wildman–Crippen MR) is 261 cm³/mol. The molecule has 0 bridgehead atoms. The van der Waals surface area contributed by atoms with Crippen molar-refractivity contribution in [1.82, 2.24) is 10.2 Å². The Morgan fingerprint density at radius 2 is 1.05 bits per heavy atom. The van der Waals surface area contributed by atoms with Gasteiger partial charge in [0.25, 0.3) is 5.91 Å². The van der Waals surface area contributed by atoms with E-state index in [2.05, 4.69) is 155 Å². The lowest BCUT2D eigenvalue weighted by molar-refractivity contribution is -0.168. The van der Waals surface area contributed by atoms with Crippen LogP contribution in [-0.2, 0) is 19.1 Å². The van der Waals surface area contributed by atoms with Crippen molar-refractivity contribution in [3.63, 3.8) is 0 Å². The zero-order chi connectivity index (χ0) is 48.1. The molecule has 2 rings (SSSR count). The molecule has 2 saturated heterocycles. The SMILES string of the molecule is C.C#C.C#CC.C#CC#CC.C#CC#CC#C.C#CC#CC#CC.C#CCOC(=O)[C@@H]1N2C(=O)[C@@H](NC(=O)OC(C)(C)C)[C@@]2(C)SC1(C)C.CC#CC.CC#CC#CC#CC.[HH].[HH]. The van der Waals surface area contributed by atoms with Gasteiger partial charge in [-0.3, -0.25) is 4.79 Å². The Hall–Kier alpha value is -8.04. The molecule has 0 radical (unpaired) electrons. The highest BCUT2D eigenvalue weighted by Gasteiger charge is 2.71. The van der Waals surface area contributed by atoms with Crippen molar-refractivity contribution in [2.24, 2.45) is 0 Å². The second kappa shape index (κ2) is 44.7. The Balaban J connectivity index is -0.0000000907. The predicted octanol–water partition coefficient (Wildman–Crippen LogP) is 7.14. The highest BCUT2D eigenvalue weighted by molar-refractivity contribution is 8.02. The van der Waals surface area contributed by atoms with E-state index in [1.165, 1.54) is 16.7 Å². The molecule has 0 aromatic rings. The molecule has 2 aliphatic heterocycles. The summed E-state index contributed by atoms with van der Waals surface area (Å²) >= 11 is 1.44. The summed E-state index contributed by atoms with van der Waals surface area (Å²) in [5.41, 5.74) is -0.666. The second-order valence-corrected chi connectivity index (χ2v) is 13.5. The van der Waals surface area contributed by atoms with Gasteiger partial charge in [-0.25, -0.2) is 9.59 Å². The molecule has 0 spiro atoms. The molecule has 2 heterocycles. The second-order valence-electron chi connectivity index (χ2n) is 11.4. The molecule has 0 unspecified atom stereocenters. The molecule has 2 amide bonds. The molecule has 61 heavy (non-hydrogen) atoms. The van der Waals surface area contributed by atoms with Crippen molar-refractivity contribution >= 4 is 29.7 Å². The average Bonchev–Trinajstić information content (AvgIpc) is 3.40. The molecule has 318 valence electrons. The van der Waals surface area contributed by atoms with Crippen molar-refractivity contribution in [1.29, 1.82) is 0 Å². The summed E-state index contributed by atoms with van der Waals surface area (Å²) in [6.45, 7) is 22.8. The number of nitrogens with one attached hydrogen (secondary N) is 1. The number of fused-ring (bicyclic) bond motifs is 1. The first-order valence-electron chi connectivity index (χ1n) is 17.0. The van der Waals surface area contributed by atoms with Crippen LogP contribution in [0.2, 0.25) is 0 Å². The fourth-order valence-corrected chi connectivity index (χ4v) is 5.66. The van der Waals surface area contributed by atoms with E-state index < -0.39 is 39.4 Å². The fraction of sp³-hybridized carbons (Fsp3) is 0.377. The van der Waals surface area contributed by atoms with Crippen molar-refractivity contribution in [3.8, 4) is 182 Å². The number of β-lactam (4-membered cyclic amide) rings is 1. The Kier molecular flexibility index (Phi) is 49.6. The van der Waals surface area contributed by atoms with Crippen LogP contribution in [0, 0.1) is 182 Å². The van der Waals surface area contributed by atoms with Gasteiger partial charge >= 0.3 is 12.1 Å². The summed E-state index contributed by atoms with van der Waals surface area (Å²) in [6.07, 6.45) is 35.9. The van der Waals surface area contributed by atoms with Crippen molar-refractivity contribution in [3.05, 3.63) is 0 Å². The van der Waals surface area contributed by atoms with Gasteiger partial charge in [-0.05, 0) is 173 Å². The van der Waals surface area contributed by atoms with Crippen molar-refractivity contribution in [2.75, 3.05) is 6.61 Å². The summed E-state index contributed by atoms with van der Waals surface area (Å²) < 4.78 is 9.68. The van der Waals surface area contributed by atoms with Crippen LogP contribution >= 0.6 is 11.8 Å². The molecule has 0 aromatic heterocycles. The van der Waals surface area contributed by atoms with Gasteiger partial charge in [0.1, 0.15) is 22.6 Å². The molecule has 1 N–H and O–H groups in total. The number of alkyl carbamates (subject to hydrolysis) is 1. The van der Waals surface area contributed by atoms with Crippen LogP contribution in [0.4, 0.5) is 4.79 Å². The van der Waals surface area contributed by atoms with E-state index in [-0.39, 0.29) is 22.8 Å². The lowest BCUT2D eigenvalue weighted by Crippen LogP contribution is -2.77. The minimum absolute atomic E-state index is 0. The summed E-state index contributed by atoms with van der Waals surface area (Å²) in [5.74, 6) is 52.2. The van der Waals surface area contributed by atoms with Gasteiger partial charge in [0.15, 0.2) is 6.61 Å². The van der Waals surface area contributed by atoms with Crippen LogP contribution in [0.3, 0.4) is 0 Å². The zero-order valence-corrected chi connectivity index (χ0v) is 37.7. The first-order valence-corrected chi connectivity index (χ1v) is 17.8. The first-order chi connectivity index (χ1) is 28.3. The van der Waals surface area contributed by atoms with E-state index in [1.54, 1.807) is 55.4 Å². The monoisotopic (exact) mass is 836 g/mol. The molecule has 7 nitrogen and oxygen atoms in total. The molecule has 8 heteroatoms. The average molecular weight is 837 g/mol. The van der Waals surface area contributed by atoms with Gasteiger partial charge in [0.2, 0.25) is 0 Å². The number of rotatable bonds is 3. The minimum atomic E-state index is -0.767. The number of terminal acetylenes is 7. The number of hydrogen-bond donors (Lipinski definition) is 1. The number of ether oxygens (including phenoxy) is 2. The topological polar surface area (TPSA) is 84.9 Å². The smallest absolute Gasteiger partial charge is 0.408 e. The molecule has 0 aromatic carbocycles. The highest BCUT2D eigenvalue weighted by atomic mass is 32.2. The maximum atomic E-state index is 12.6. The molecule has 0 aliphatic carbocycles. The maximum Gasteiger partial charge on any atom is 0.408 e. The van der Waals surface area contributed by atoms with Crippen LogP contribution in [-0.4, -0.2) is 56.8 Å². The van der Waals surface area contributed by atoms with Crippen molar-refractivity contribution in [2.45, 2.75) is 125 Å². The zero-order valence-electron chi connectivity index (χ0n) is 36.9. The number of nitrogens with zero attached hydrogens (tertiary/aromatic N) is 1. The van der Waals surface area contributed by atoms with Gasteiger partial charge in [0.05, 0.1) is 0 Å². The molecular weight excluding hydrogens is 777 g/mol. The molecule has 3 atom stereocenters. The van der Waals surface area contributed by atoms with Gasteiger partial charge < -0.3 is 19.7 Å². The van der Waals surface area contributed by atoms with E-state index in [1.807, 2.05) is 34.6 Å². The van der Waals surface area contributed by atoms with Crippen molar-refractivity contribution < 1.29 is 26.7 Å². The Labute approximate surface area is 378 Å². The van der Waals surface area contributed by atoms with E-state index in [0.717, 1.165) is 0 Å². The summed E-state index contributed by atoms with van der Waals surface area (Å²) in [6, 6.07) is -1.53. The molecular formula is C53H60N2O5S. The van der Waals surface area contributed by atoms with Crippen LogP contribution in [0.5, 0.6) is 0 Å². The summed E-state index contributed by atoms with van der Waals surface area (Å²) in [7, 11) is 0. The van der Waals surface area contributed by atoms with E-state index >= 15 is 0 Å². The van der Waals surface area contributed by atoms with Crippen LogP contribution in [0.15, 0.2) is 0 Å². The number of carbonyl (C=O) groups excluding carboxylic acids is 3. The number of amides is 2. The third kappa shape index (κ3) is 36.1. The minimum Gasteiger partial charge on any atom is -0.451 e. The number of thioether (sulfide) groups is 1. The number of carbonyl (C=O) groups is 3.